The molecule has 0 saturated heterocycles. The lowest BCUT2D eigenvalue weighted by Gasteiger charge is -2.50. The second-order valence-electron chi connectivity index (χ2n) is 20.4. The molecule has 1 aliphatic heterocycles. The molecular weight excluding hydrogens is 605 g/mol. The molecule has 50 heavy (non-hydrogen) atoms. The summed E-state index contributed by atoms with van der Waals surface area (Å²) in [6.07, 6.45) is 4.98. The Bertz CT molecular complexity index is 2060. The quantitative estimate of drug-likeness (QED) is 0.182. The molecule has 1 aromatic heterocycles. The van der Waals surface area contributed by atoms with Crippen LogP contribution < -0.4 is 4.90 Å². The van der Waals surface area contributed by atoms with E-state index in [1.807, 2.05) is 0 Å². The van der Waals surface area contributed by atoms with Crippen LogP contribution in [0.2, 0.25) is 0 Å². The van der Waals surface area contributed by atoms with Gasteiger partial charge in [0.25, 0.3) is 0 Å². The van der Waals surface area contributed by atoms with Crippen molar-refractivity contribution in [3.63, 3.8) is 0 Å². The summed E-state index contributed by atoms with van der Waals surface area (Å²) >= 11 is 0. The minimum atomic E-state index is -0.0161. The molecule has 7 rings (SSSR count). The molecule has 2 heterocycles. The monoisotopic (exact) mass is 666 g/mol. The van der Waals surface area contributed by atoms with Gasteiger partial charge in [-0.25, -0.2) is 0 Å². The molecule has 1 fully saturated rings. The number of nitrogens with zero attached hydrogens (tertiary/aromatic N) is 2. The predicted octanol–water partition coefficient (Wildman–Crippen LogP) is 13.7. The molecule has 1 saturated carbocycles. The molecule has 2 heteroatoms. The van der Waals surface area contributed by atoms with E-state index in [1.165, 1.54) is 92.4 Å². The first-order valence-electron chi connectivity index (χ1n) is 19.2. The minimum Gasteiger partial charge on any atom is -0.334 e. The van der Waals surface area contributed by atoms with Crippen molar-refractivity contribution in [2.75, 3.05) is 4.90 Å². The lowest BCUT2D eigenvalue weighted by molar-refractivity contribution is 0.194. The molecule has 2 aliphatic rings. The zero-order valence-electron chi connectivity index (χ0n) is 33.7. The van der Waals surface area contributed by atoms with Gasteiger partial charge >= 0.3 is 0 Å². The maximum absolute atomic E-state index is 2.77. The number of anilines is 2. The van der Waals surface area contributed by atoms with E-state index < -0.39 is 0 Å². The Hall–Kier alpha value is -3.52. The largest absolute Gasteiger partial charge is 0.334 e. The highest BCUT2D eigenvalue weighted by atomic mass is 15.3. The number of benzene rings is 4. The molecule has 0 spiro atoms. The van der Waals surface area contributed by atoms with E-state index in [9.17, 15) is 0 Å². The second kappa shape index (κ2) is 11.0. The van der Waals surface area contributed by atoms with Crippen molar-refractivity contribution in [3.05, 3.63) is 101 Å². The van der Waals surface area contributed by atoms with Crippen molar-refractivity contribution in [1.82, 2.24) is 4.57 Å². The van der Waals surface area contributed by atoms with Crippen LogP contribution >= 0.6 is 0 Å². The molecule has 2 nitrogen and oxygen atoms in total. The lowest BCUT2D eigenvalue weighted by Crippen LogP contribution is -2.54. The standard InChI is InChI=1S/C48H62N2/c1-43(2,3)31-17-20-40-37(27-31)38-28-32(44(4,5)6)18-21-41(38)49(40)35-25-34(46(10,11)12)26-36(30-35)50-42-22-19-33(45(7,8)9)29-39(42)47(13)23-15-16-24-48(47,50)14/h17-22,25-30H,15-16,23-24H2,1-14H3. The Morgan fingerprint density at radius 1 is 0.480 bits per heavy atom. The van der Waals surface area contributed by atoms with Crippen molar-refractivity contribution in [2.24, 2.45) is 0 Å². The first-order valence-corrected chi connectivity index (χ1v) is 19.2. The molecule has 5 aromatic rings. The fourth-order valence-electron chi connectivity index (χ4n) is 9.13. The van der Waals surface area contributed by atoms with Crippen LogP contribution in [0.25, 0.3) is 27.5 Å². The SMILES string of the molecule is CC(C)(C)c1cc(N2c3ccc(C(C)(C)C)cc3C3(C)CCCCC23C)cc(-n2c3ccc(C(C)(C)C)cc3c3cc(C(C)(C)C)ccc32)c1. The van der Waals surface area contributed by atoms with E-state index in [0.717, 1.165) is 0 Å². The van der Waals surface area contributed by atoms with Gasteiger partial charge in [-0.1, -0.05) is 127 Å². The predicted molar refractivity (Wildman–Crippen MR) is 218 cm³/mol. The highest BCUT2D eigenvalue weighted by Gasteiger charge is 2.57. The molecule has 2 atom stereocenters. The Balaban J connectivity index is 1.54. The molecule has 0 amide bonds. The summed E-state index contributed by atoms with van der Waals surface area (Å²) in [5, 5.41) is 2.68. The Kier molecular flexibility index (Phi) is 7.67. The topological polar surface area (TPSA) is 8.17 Å². The zero-order chi connectivity index (χ0) is 36.4. The van der Waals surface area contributed by atoms with Gasteiger partial charge in [0.05, 0.1) is 16.6 Å². The third-order valence-electron chi connectivity index (χ3n) is 12.8. The third-order valence-corrected chi connectivity index (χ3v) is 12.8. The highest BCUT2D eigenvalue weighted by Crippen LogP contribution is 2.61. The summed E-state index contributed by atoms with van der Waals surface area (Å²) in [6, 6.07) is 29.3. The van der Waals surface area contributed by atoms with Gasteiger partial charge < -0.3 is 9.47 Å². The first-order chi connectivity index (χ1) is 23.0. The smallest absolute Gasteiger partial charge is 0.0541 e. The van der Waals surface area contributed by atoms with E-state index in [4.69, 9.17) is 0 Å². The van der Waals surface area contributed by atoms with E-state index in [2.05, 4.69) is 179 Å². The van der Waals surface area contributed by atoms with Crippen LogP contribution in [-0.2, 0) is 27.1 Å². The highest BCUT2D eigenvalue weighted by molar-refractivity contribution is 6.10. The van der Waals surface area contributed by atoms with Crippen LogP contribution in [0.1, 0.15) is 150 Å². The number of aromatic nitrogens is 1. The van der Waals surface area contributed by atoms with Gasteiger partial charge in [0, 0.05) is 33.2 Å². The molecule has 0 radical (unpaired) electrons. The number of hydrogen-bond donors (Lipinski definition) is 0. The van der Waals surface area contributed by atoms with Crippen LogP contribution in [0.5, 0.6) is 0 Å². The fourth-order valence-corrected chi connectivity index (χ4v) is 9.13. The van der Waals surface area contributed by atoms with Gasteiger partial charge in [0.1, 0.15) is 0 Å². The molecule has 264 valence electrons. The first kappa shape index (κ1) is 34.9. The summed E-state index contributed by atoms with van der Waals surface area (Å²) in [6.45, 7) is 33.2. The van der Waals surface area contributed by atoms with E-state index in [0.29, 0.717) is 0 Å². The van der Waals surface area contributed by atoms with E-state index in [-0.39, 0.29) is 32.6 Å². The van der Waals surface area contributed by atoms with Crippen LogP contribution in [0, 0.1) is 0 Å². The normalized spacial score (nSPS) is 21.6. The zero-order valence-corrected chi connectivity index (χ0v) is 33.7. The van der Waals surface area contributed by atoms with Gasteiger partial charge in [0.2, 0.25) is 0 Å². The maximum atomic E-state index is 2.77. The Morgan fingerprint density at radius 3 is 1.46 bits per heavy atom. The van der Waals surface area contributed by atoms with Gasteiger partial charge in [-0.2, -0.15) is 0 Å². The van der Waals surface area contributed by atoms with Crippen molar-refractivity contribution < 1.29 is 0 Å². The summed E-state index contributed by atoms with van der Waals surface area (Å²) in [5.74, 6) is 0. The van der Waals surface area contributed by atoms with Gasteiger partial charge in [-0.15, -0.1) is 0 Å². The van der Waals surface area contributed by atoms with Crippen molar-refractivity contribution >= 4 is 33.2 Å². The van der Waals surface area contributed by atoms with E-state index >= 15 is 0 Å². The number of fused-ring (bicyclic) bond motifs is 6. The summed E-state index contributed by atoms with van der Waals surface area (Å²) in [4.78, 5) is 2.77. The summed E-state index contributed by atoms with van der Waals surface area (Å²) in [7, 11) is 0. The molecular formula is C48H62N2. The van der Waals surface area contributed by atoms with Gasteiger partial charge in [0.15, 0.2) is 0 Å². The van der Waals surface area contributed by atoms with Gasteiger partial charge in [-0.3, -0.25) is 0 Å². The molecule has 0 N–H and O–H groups in total. The summed E-state index contributed by atoms with van der Waals surface area (Å²) in [5.41, 5.74) is 13.9. The number of hydrogen-bond acceptors (Lipinski definition) is 1. The van der Waals surface area contributed by atoms with Crippen LogP contribution in [0.15, 0.2) is 72.8 Å². The van der Waals surface area contributed by atoms with Crippen molar-refractivity contribution in [1.29, 1.82) is 0 Å². The lowest BCUT2D eigenvalue weighted by atomic mass is 9.61. The molecule has 0 bridgehead atoms. The fraction of sp³-hybridized carbons (Fsp3) is 0.500. The molecule has 4 aromatic carbocycles. The van der Waals surface area contributed by atoms with Crippen molar-refractivity contribution in [2.45, 2.75) is 155 Å². The van der Waals surface area contributed by atoms with Crippen molar-refractivity contribution in [3.8, 4) is 5.69 Å². The Morgan fingerprint density at radius 2 is 0.940 bits per heavy atom. The summed E-state index contributed by atoms with van der Waals surface area (Å²) < 4.78 is 2.56. The molecule has 2 unspecified atom stereocenters. The average molecular weight is 667 g/mol. The van der Waals surface area contributed by atoms with Crippen LogP contribution in [0.3, 0.4) is 0 Å². The maximum Gasteiger partial charge on any atom is 0.0541 e. The average Bonchev–Trinajstić information content (AvgIpc) is 3.44. The number of rotatable bonds is 2. The van der Waals surface area contributed by atoms with E-state index in [1.54, 1.807) is 0 Å². The van der Waals surface area contributed by atoms with Crippen LogP contribution in [0.4, 0.5) is 11.4 Å². The third kappa shape index (κ3) is 5.34. The van der Waals surface area contributed by atoms with Crippen LogP contribution in [-0.4, -0.2) is 10.1 Å². The molecule has 1 aliphatic carbocycles. The second-order valence-corrected chi connectivity index (χ2v) is 20.4. The van der Waals surface area contributed by atoms with Gasteiger partial charge in [-0.05, 0) is 118 Å². The minimum absolute atomic E-state index is 0.0120. The Labute approximate surface area is 303 Å².